The summed E-state index contributed by atoms with van der Waals surface area (Å²) in [7, 11) is 0. The third-order valence-corrected chi connectivity index (χ3v) is 3.61. The lowest BCUT2D eigenvalue weighted by Gasteiger charge is -2.12. The molecule has 3 heterocycles. The van der Waals surface area contributed by atoms with Crippen molar-refractivity contribution in [2.24, 2.45) is 0 Å². The van der Waals surface area contributed by atoms with Crippen molar-refractivity contribution in [3.63, 3.8) is 0 Å². The molecule has 10 heteroatoms. The van der Waals surface area contributed by atoms with Gasteiger partial charge in [0, 0.05) is 0 Å². The molecular formula is C10H14N5O4S+. The van der Waals surface area contributed by atoms with Crippen molar-refractivity contribution in [3.8, 4) is 0 Å². The summed E-state index contributed by atoms with van der Waals surface area (Å²) >= 11 is 5.08. The number of aliphatic hydroxyl groups excluding tert-OH is 3. The van der Waals surface area contributed by atoms with Crippen molar-refractivity contribution >= 4 is 29.3 Å². The maximum absolute atomic E-state index is 10.0. The minimum absolute atomic E-state index is 0.127. The summed E-state index contributed by atoms with van der Waals surface area (Å²) in [5.74, 6) is 0.127. The zero-order valence-corrected chi connectivity index (χ0v) is 11.0. The van der Waals surface area contributed by atoms with E-state index < -0.39 is 31.1 Å². The van der Waals surface area contributed by atoms with Gasteiger partial charge in [0.05, 0.1) is 6.61 Å². The second-order valence-corrected chi connectivity index (χ2v) is 4.95. The Kier molecular flexibility index (Phi) is 3.18. The SMILES string of the molecule is Nc1nc(=S)c2[nH]c[n+](C3OC(CO)C(O)C3O)c2[nH]1. The Morgan fingerprint density at radius 2 is 2.20 bits per heavy atom. The molecule has 0 saturated carbocycles. The van der Waals surface area contributed by atoms with Gasteiger partial charge in [0.15, 0.2) is 11.0 Å². The van der Waals surface area contributed by atoms with Gasteiger partial charge in [-0.1, -0.05) is 12.2 Å². The molecule has 0 radical (unpaired) electrons. The van der Waals surface area contributed by atoms with E-state index in [1.807, 2.05) is 0 Å². The molecule has 20 heavy (non-hydrogen) atoms. The molecule has 4 unspecified atom stereocenters. The molecule has 0 bridgehead atoms. The van der Waals surface area contributed by atoms with E-state index in [0.717, 1.165) is 0 Å². The molecule has 2 aromatic heterocycles. The van der Waals surface area contributed by atoms with Crippen LogP contribution in [0.4, 0.5) is 5.95 Å². The molecule has 1 aliphatic rings. The highest BCUT2D eigenvalue weighted by Crippen LogP contribution is 2.26. The predicted molar refractivity (Wildman–Crippen MR) is 68.9 cm³/mol. The fourth-order valence-corrected chi connectivity index (χ4v) is 2.57. The minimum atomic E-state index is -1.19. The number of H-pyrrole nitrogens is 2. The summed E-state index contributed by atoms with van der Waals surface area (Å²) in [5, 5.41) is 28.9. The summed E-state index contributed by atoms with van der Waals surface area (Å²) in [6.45, 7) is -0.392. The second kappa shape index (κ2) is 4.75. The van der Waals surface area contributed by atoms with Crippen LogP contribution in [-0.4, -0.2) is 55.2 Å². The van der Waals surface area contributed by atoms with Gasteiger partial charge in [0.1, 0.15) is 18.3 Å². The van der Waals surface area contributed by atoms with Crippen LogP contribution in [0.5, 0.6) is 0 Å². The van der Waals surface area contributed by atoms with Crippen LogP contribution in [-0.2, 0) is 4.74 Å². The average Bonchev–Trinajstić information content (AvgIpc) is 2.93. The Hall–Kier alpha value is -1.59. The van der Waals surface area contributed by atoms with Crippen LogP contribution >= 0.6 is 12.2 Å². The molecular weight excluding hydrogens is 286 g/mol. The molecule has 2 aromatic rings. The number of anilines is 1. The highest BCUT2D eigenvalue weighted by atomic mass is 32.1. The number of hydrogen-bond donors (Lipinski definition) is 6. The van der Waals surface area contributed by atoms with E-state index in [9.17, 15) is 10.2 Å². The van der Waals surface area contributed by atoms with E-state index in [4.69, 9.17) is 27.8 Å². The number of aromatic nitrogens is 4. The number of aromatic amines is 2. The first-order valence-corrected chi connectivity index (χ1v) is 6.34. The lowest BCUT2D eigenvalue weighted by atomic mass is 10.1. The first kappa shape index (κ1) is 13.4. The molecule has 1 aliphatic heterocycles. The third-order valence-electron chi connectivity index (χ3n) is 3.32. The lowest BCUT2D eigenvalue weighted by Crippen LogP contribution is -2.45. The lowest BCUT2D eigenvalue weighted by molar-refractivity contribution is -0.745. The van der Waals surface area contributed by atoms with Gasteiger partial charge in [-0.05, 0) is 0 Å². The van der Waals surface area contributed by atoms with Crippen molar-refractivity contribution in [3.05, 3.63) is 11.0 Å². The third kappa shape index (κ3) is 1.89. The molecule has 0 spiro atoms. The summed E-state index contributed by atoms with van der Waals surface area (Å²) < 4.78 is 7.25. The van der Waals surface area contributed by atoms with E-state index in [2.05, 4.69) is 15.0 Å². The molecule has 108 valence electrons. The topological polar surface area (TPSA) is 144 Å². The number of ether oxygens (including phenoxy) is 1. The van der Waals surface area contributed by atoms with E-state index in [-0.39, 0.29) is 10.6 Å². The van der Waals surface area contributed by atoms with Gasteiger partial charge in [-0.25, -0.2) is 9.55 Å². The molecule has 7 N–H and O–H groups in total. The fraction of sp³-hybridized carbons (Fsp3) is 0.500. The number of nitrogens with two attached hydrogens (primary N) is 1. The van der Waals surface area contributed by atoms with Crippen LogP contribution < -0.4 is 10.3 Å². The van der Waals surface area contributed by atoms with E-state index in [1.165, 1.54) is 10.9 Å². The average molecular weight is 300 g/mol. The number of aliphatic hydroxyl groups is 3. The van der Waals surface area contributed by atoms with Crippen molar-refractivity contribution in [2.45, 2.75) is 24.5 Å². The van der Waals surface area contributed by atoms with Crippen molar-refractivity contribution in [2.75, 3.05) is 12.3 Å². The smallest absolute Gasteiger partial charge is 0.273 e. The second-order valence-electron chi connectivity index (χ2n) is 4.56. The van der Waals surface area contributed by atoms with Crippen LogP contribution in [0.1, 0.15) is 6.23 Å². The normalized spacial score (nSPS) is 30.1. The number of nitrogen functional groups attached to an aromatic ring is 1. The number of fused-ring (bicyclic) bond motifs is 1. The summed E-state index contributed by atoms with van der Waals surface area (Å²) in [4.78, 5) is 9.63. The Morgan fingerprint density at radius 1 is 1.45 bits per heavy atom. The Labute approximate surface area is 117 Å². The highest BCUT2D eigenvalue weighted by Gasteiger charge is 2.46. The van der Waals surface area contributed by atoms with Crippen molar-refractivity contribution < 1.29 is 24.6 Å². The molecule has 9 nitrogen and oxygen atoms in total. The standard InChI is InChI=1S/C10H13N5O4S/c11-10-13-7-4(8(20)14-10)12-2-15(7)9-6(18)5(17)3(1-16)19-9/h2-3,5-6,9,16-18H,1H2,(H3,11,13,14,20)/p+1. The van der Waals surface area contributed by atoms with E-state index >= 15 is 0 Å². The maximum Gasteiger partial charge on any atom is 0.273 e. The van der Waals surface area contributed by atoms with Crippen molar-refractivity contribution in [1.29, 1.82) is 0 Å². The zero-order valence-electron chi connectivity index (χ0n) is 10.2. The van der Waals surface area contributed by atoms with Gasteiger partial charge in [-0.2, -0.15) is 4.98 Å². The Bertz CT molecular complexity index is 701. The van der Waals surface area contributed by atoms with Crippen LogP contribution in [0.3, 0.4) is 0 Å². The van der Waals surface area contributed by atoms with Gasteiger partial charge in [-0.3, -0.25) is 4.98 Å². The van der Waals surface area contributed by atoms with Crippen LogP contribution in [0.15, 0.2) is 6.33 Å². The molecule has 4 atom stereocenters. The van der Waals surface area contributed by atoms with E-state index in [0.29, 0.717) is 11.2 Å². The van der Waals surface area contributed by atoms with Gasteiger partial charge >= 0.3 is 0 Å². The number of imidazole rings is 1. The highest BCUT2D eigenvalue weighted by molar-refractivity contribution is 7.71. The van der Waals surface area contributed by atoms with Gasteiger partial charge in [-0.15, -0.1) is 0 Å². The summed E-state index contributed by atoms with van der Waals surface area (Å²) in [6.07, 6.45) is -2.56. The number of rotatable bonds is 2. The van der Waals surface area contributed by atoms with Gasteiger partial charge < -0.3 is 25.8 Å². The molecule has 0 aliphatic carbocycles. The number of nitrogens with zero attached hydrogens (tertiary/aromatic N) is 2. The number of nitrogens with one attached hydrogen (secondary N) is 2. The molecule has 0 aromatic carbocycles. The minimum Gasteiger partial charge on any atom is -0.394 e. The van der Waals surface area contributed by atoms with Gasteiger partial charge in [0.2, 0.25) is 11.7 Å². The Balaban J connectivity index is 2.09. The maximum atomic E-state index is 10.0. The fourth-order valence-electron chi connectivity index (χ4n) is 2.31. The van der Waals surface area contributed by atoms with E-state index in [1.54, 1.807) is 0 Å². The summed E-state index contributed by atoms with van der Waals surface area (Å²) in [6, 6.07) is 0. The van der Waals surface area contributed by atoms with Crippen LogP contribution in [0.25, 0.3) is 11.2 Å². The van der Waals surface area contributed by atoms with Crippen LogP contribution in [0.2, 0.25) is 0 Å². The quantitative estimate of drug-likeness (QED) is 0.281. The molecule has 0 amide bonds. The van der Waals surface area contributed by atoms with Crippen LogP contribution in [0, 0.1) is 4.64 Å². The monoisotopic (exact) mass is 300 g/mol. The summed E-state index contributed by atoms with van der Waals surface area (Å²) in [5.41, 5.74) is 6.63. The first-order chi connectivity index (χ1) is 9.52. The number of hydrogen-bond acceptors (Lipinski definition) is 7. The van der Waals surface area contributed by atoms with Gasteiger partial charge in [0.25, 0.3) is 11.6 Å². The zero-order chi connectivity index (χ0) is 14.4. The first-order valence-electron chi connectivity index (χ1n) is 5.93. The molecule has 3 rings (SSSR count). The molecule has 1 saturated heterocycles. The van der Waals surface area contributed by atoms with Crippen molar-refractivity contribution in [1.82, 2.24) is 15.0 Å². The predicted octanol–water partition coefficient (Wildman–Crippen LogP) is -1.90. The largest absolute Gasteiger partial charge is 0.394 e. The Morgan fingerprint density at radius 3 is 2.85 bits per heavy atom. The molecule has 1 fully saturated rings.